The fourth-order valence-corrected chi connectivity index (χ4v) is 3.88. The number of aldehydes is 1. The Labute approximate surface area is 155 Å². The number of rotatable bonds is 3. The van der Waals surface area contributed by atoms with Gasteiger partial charge in [-0.15, -0.1) is 0 Å². The van der Waals surface area contributed by atoms with E-state index in [9.17, 15) is 9.18 Å². The summed E-state index contributed by atoms with van der Waals surface area (Å²) in [6.07, 6.45) is 5.01. The summed E-state index contributed by atoms with van der Waals surface area (Å²) in [6.45, 7) is 0. The van der Waals surface area contributed by atoms with Gasteiger partial charge in [0.2, 0.25) is 0 Å². The van der Waals surface area contributed by atoms with Crippen molar-refractivity contribution in [3.63, 3.8) is 0 Å². The molecule has 1 aromatic heterocycles. The highest BCUT2D eigenvalue weighted by atomic mass is 35.5. The molecule has 0 saturated heterocycles. The lowest BCUT2D eigenvalue weighted by atomic mass is 9.88. The minimum absolute atomic E-state index is 0.0726. The van der Waals surface area contributed by atoms with Gasteiger partial charge in [0.1, 0.15) is 11.4 Å². The fraction of sp³-hybridized carbons (Fsp3) is 0.389. The number of anilines is 2. The van der Waals surface area contributed by atoms with Gasteiger partial charge in [0.05, 0.1) is 17.7 Å². The van der Waals surface area contributed by atoms with Crippen LogP contribution in [0.3, 0.4) is 0 Å². The monoisotopic (exact) mass is 376 g/mol. The van der Waals surface area contributed by atoms with Gasteiger partial charge in [-0.05, 0) is 25.0 Å². The van der Waals surface area contributed by atoms with Crippen molar-refractivity contribution in [3.05, 3.63) is 28.7 Å². The quantitative estimate of drug-likeness (QED) is 0.791. The van der Waals surface area contributed by atoms with Crippen LogP contribution >= 0.6 is 11.6 Å². The molecule has 136 valence electrons. The Morgan fingerprint density at radius 2 is 1.96 bits per heavy atom. The van der Waals surface area contributed by atoms with E-state index in [0.717, 1.165) is 25.7 Å². The molecule has 0 amide bonds. The topological polar surface area (TPSA) is 76.1 Å². The summed E-state index contributed by atoms with van der Waals surface area (Å²) in [6, 6.07) is 3.49. The Hall–Kier alpha value is -2.41. The van der Waals surface area contributed by atoms with Crippen molar-refractivity contribution in [2.45, 2.75) is 37.8 Å². The molecule has 1 saturated carbocycles. The van der Waals surface area contributed by atoms with Crippen molar-refractivity contribution < 1.29 is 13.9 Å². The predicted molar refractivity (Wildman–Crippen MR) is 97.7 cm³/mol. The smallest absolute Gasteiger partial charge is 0.177 e. The van der Waals surface area contributed by atoms with E-state index in [-0.39, 0.29) is 39.9 Å². The summed E-state index contributed by atoms with van der Waals surface area (Å²) in [7, 11) is 1.34. The lowest BCUT2D eigenvalue weighted by Crippen LogP contribution is -2.45. The number of nitrogens with zero attached hydrogens (tertiary/aromatic N) is 2. The maximum atomic E-state index is 14.7. The number of aromatic nitrogens is 2. The van der Waals surface area contributed by atoms with E-state index in [1.54, 1.807) is 0 Å². The average Bonchev–Trinajstić information content (AvgIpc) is 2.66. The maximum absolute atomic E-state index is 14.7. The molecular weight excluding hydrogens is 359 g/mol. The lowest BCUT2D eigenvalue weighted by molar-refractivity contribution is 0.111. The molecule has 0 unspecified atom stereocenters. The molecule has 1 aliphatic heterocycles. The highest BCUT2D eigenvalue weighted by Gasteiger charge is 2.33. The van der Waals surface area contributed by atoms with Crippen LogP contribution in [0.25, 0.3) is 11.4 Å². The molecule has 26 heavy (non-hydrogen) atoms. The molecule has 8 heteroatoms. The third kappa shape index (κ3) is 2.76. The van der Waals surface area contributed by atoms with E-state index in [4.69, 9.17) is 16.3 Å². The molecule has 0 bridgehead atoms. The third-order valence-electron chi connectivity index (χ3n) is 4.96. The predicted octanol–water partition coefficient (Wildman–Crippen LogP) is 3.91. The number of fused-ring (bicyclic) bond motifs is 2. The molecule has 2 atom stereocenters. The van der Waals surface area contributed by atoms with Gasteiger partial charge < -0.3 is 15.4 Å². The van der Waals surface area contributed by atoms with Gasteiger partial charge in [-0.3, -0.25) is 4.79 Å². The Bertz CT molecular complexity index is 877. The summed E-state index contributed by atoms with van der Waals surface area (Å²) in [5, 5.41) is 6.94. The molecule has 4 rings (SSSR count). The minimum atomic E-state index is -0.656. The van der Waals surface area contributed by atoms with Gasteiger partial charge in [0.15, 0.2) is 29.5 Å². The Morgan fingerprint density at radius 3 is 2.65 bits per heavy atom. The van der Waals surface area contributed by atoms with E-state index in [2.05, 4.69) is 20.6 Å². The summed E-state index contributed by atoms with van der Waals surface area (Å²) in [5.74, 6) is -0.0943. The number of ether oxygens (including phenoxy) is 1. The first-order chi connectivity index (χ1) is 12.6. The first kappa shape index (κ1) is 17.0. The van der Waals surface area contributed by atoms with Crippen LogP contribution in [-0.2, 0) is 0 Å². The van der Waals surface area contributed by atoms with Crippen molar-refractivity contribution in [3.8, 4) is 17.1 Å². The van der Waals surface area contributed by atoms with Gasteiger partial charge in [0, 0.05) is 12.1 Å². The molecule has 2 heterocycles. The van der Waals surface area contributed by atoms with Gasteiger partial charge in [0.25, 0.3) is 0 Å². The second-order valence-corrected chi connectivity index (χ2v) is 6.91. The first-order valence-electron chi connectivity index (χ1n) is 8.55. The zero-order valence-corrected chi connectivity index (χ0v) is 14.9. The summed E-state index contributed by atoms with van der Waals surface area (Å²) in [4.78, 5) is 20.3. The molecule has 1 aromatic carbocycles. The van der Waals surface area contributed by atoms with Crippen molar-refractivity contribution in [2.24, 2.45) is 0 Å². The SMILES string of the molecule is COc1c(Cl)ccc(-c2nc(C=O)c3c(n2)N[C@@H]2CCCC[C@H]2N3)c1F. The summed E-state index contributed by atoms with van der Waals surface area (Å²) < 4.78 is 19.8. The van der Waals surface area contributed by atoms with Gasteiger partial charge >= 0.3 is 0 Å². The number of hydrogen-bond donors (Lipinski definition) is 2. The van der Waals surface area contributed by atoms with Gasteiger partial charge in [-0.25, -0.2) is 14.4 Å². The number of hydrogen-bond acceptors (Lipinski definition) is 6. The van der Waals surface area contributed by atoms with Crippen molar-refractivity contribution in [1.82, 2.24) is 9.97 Å². The van der Waals surface area contributed by atoms with E-state index in [1.807, 2.05) is 0 Å². The fourth-order valence-electron chi connectivity index (χ4n) is 3.66. The lowest BCUT2D eigenvalue weighted by Gasteiger charge is -2.38. The molecule has 2 aromatic rings. The molecule has 0 radical (unpaired) electrons. The Balaban J connectivity index is 1.82. The minimum Gasteiger partial charge on any atom is -0.492 e. The van der Waals surface area contributed by atoms with Crippen LogP contribution < -0.4 is 15.4 Å². The number of nitrogens with one attached hydrogen (secondary N) is 2. The number of benzene rings is 1. The second-order valence-electron chi connectivity index (χ2n) is 6.50. The number of methoxy groups -OCH3 is 1. The van der Waals surface area contributed by atoms with Crippen molar-refractivity contribution in [1.29, 1.82) is 0 Å². The molecule has 2 N–H and O–H groups in total. The highest BCUT2D eigenvalue weighted by molar-refractivity contribution is 6.32. The summed E-state index contributed by atoms with van der Waals surface area (Å²) >= 11 is 5.96. The molecule has 2 aliphatic rings. The van der Waals surface area contributed by atoms with E-state index in [0.29, 0.717) is 17.8 Å². The standard InChI is InChI=1S/C18H18ClFN4O2/c1-26-16-10(19)7-6-9(14(16)20)17-23-13(8-25)15-18(24-17)22-12-5-3-2-4-11(12)21-15/h6-8,11-12,21H,2-5H2,1H3,(H,22,23,24)/t11-,12-/m1/s1. The molecule has 6 nitrogen and oxygen atoms in total. The molecule has 1 fully saturated rings. The van der Waals surface area contributed by atoms with E-state index in [1.165, 1.54) is 19.2 Å². The van der Waals surface area contributed by atoms with Crippen LogP contribution in [-0.4, -0.2) is 35.4 Å². The zero-order valence-electron chi connectivity index (χ0n) is 14.2. The first-order valence-corrected chi connectivity index (χ1v) is 8.92. The normalized spacial score (nSPS) is 21.0. The average molecular weight is 377 g/mol. The van der Waals surface area contributed by atoms with Crippen molar-refractivity contribution >= 4 is 29.4 Å². The summed E-state index contributed by atoms with van der Waals surface area (Å²) in [5.41, 5.74) is 0.910. The number of carbonyl (C=O) groups excluding carboxylic acids is 1. The number of halogens is 2. The third-order valence-corrected chi connectivity index (χ3v) is 5.26. The van der Waals surface area contributed by atoms with Crippen LogP contribution in [0, 0.1) is 5.82 Å². The van der Waals surface area contributed by atoms with Crippen LogP contribution in [0.15, 0.2) is 12.1 Å². The molecule has 0 spiro atoms. The van der Waals surface area contributed by atoms with E-state index >= 15 is 0 Å². The van der Waals surface area contributed by atoms with E-state index < -0.39 is 5.82 Å². The van der Waals surface area contributed by atoms with Gasteiger partial charge in [-0.1, -0.05) is 24.4 Å². The largest absolute Gasteiger partial charge is 0.492 e. The molecule has 1 aliphatic carbocycles. The molecular formula is C18H18ClFN4O2. The Morgan fingerprint density at radius 1 is 1.23 bits per heavy atom. The van der Waals surface area contributed by atoms with Crippen LogP contribution in [0.1, 0.15) is 36.2 Å². The van der Waals surface area contributed by atoms with Gasteiger partial charge in [-0.2, -0.15) is 0 Å². The Kier molecular flexibility index (Phi) is 4.40. The highest BCUT2D eigenvalue weighted by Crippen LogP contribution is 2.38. The number of carbonyl (C=O) groups is 1. The maximum Gasteiger partial charge on any atom is 0.177 e. The van der Waals surface area contributed by atoms with Crippen molar-refractivity contribution in [2.75, 3.05) is 17.7 Å². The zero-order chi connectivity index (χ0) is 18.3. The van der Waals surface area contributed by atoms with Crippen LogP contribution in [0.4, 0.5) is 15.9 Å². The second kappa shape index (κ2) is 6.72. The van der Waals surface area contributed by atoms with Crippen LogP contribution in [0.2, 0.25) is 5.02 Å². The van der Waals surface area contributed by atoms with Crippen LogP contribution in [0.5, 0.6) is 5.75 Å².